The lowest BCUT2D eigenvalue weighted by atomic mass is 10.0. The highest BCUT2D eigenvalue weighted by atomic mass is 32.2. The highest BCUT2D eigenvalue weighted by Crippen LogP contribution is 2.15. The van der Waals surface area contributed by atoms with Gasteiger partial charge in [0.05, 0.1) is 12.2 Å². The van der Waals surface area contributed by atoms with Gasteiger partial charge in [-0.1, -0.05) is 0 Å². The number of carbonyl (C=O) groups excluding carboxylic acids is 1. The number of nitrogens with zero attached hydrogens (tertiary/aromatic N) is 1. The van der Waals surface area contributed by atoms with Gasteiger partial charge in [0.25, 0.3) is 0 Å². The minimum Gasteiger partial charge on any atom is -0.353 e. The summed E-state index contributed by atoms with van der Waals surface area (Å²) in [4.78, 5) is 11.9. The van der Waals surface area contributed by atoms with Gasteiger partial charge < -0.3 is 10.6 Å². The van der Waals surface area contributed by atoms with E-state index in [4.69, 9.17) is 0 Å². The van der Waals surface area contributed by atoms with Gasteiger partial charge in [-0.25, -0.2) is 12.7 Å². The van der Waals surface area contributed by atoms with Crippen molar-refractivity contribution < 1.29 is 13.2 Å². The molecule has 1 amide bonds. The van der Waals surface area contributed by atoms with Crippen LogP contribution in [0, 0.1) is 5.92 Å². The molecule has 1 unspecified atom stereocenters. The Bertz CT molecular complexity index is 396. The maximum Gasteiger partial charge on any atom is 0.224 e. The van der Waals surface area contributed by atoms with Crippen LogP contribution in [0.15, 0.2) is 0 Å². The van der Waals surface area contributed by atoms with Crippen molar-refractivity contribution in [3.8, 4) is 0 Å². The summed E-state index contributed by atoms with van der Waals surface area (Å²) in [7, 11) is -3.08. The van der Waals surface area contributed by atoms with Crippen LogP contribution < -0.4 is 10.6 Å². The molecule has 1 atom stereocenters. The van der Waals surface area contributed by atoms with E-state index < -0.39 is 10.0 Å². The molecule has 2 aliphatic heterocycles. The van der Waals surface area contributed by atoms with Gasteiger partial charge in [-0.15, -0.1) is 0 Å². The molecule has 7 heteroatoms. The van der Waals surface area contributed by atoms with Crippen molar-refractivity contribution in [2.45, 2.75) is 25.3 Å². The Kier molecular flexibility index (Phi) is 4.24. The van der Waals surface area contributed by atoms with Crippen LogP contribution >= 0.6 is 0 Å². The monoisotopic (exact) mass is 275 g/mol. The largest absolute Gasteiger partial charge is 0.353 e. The van der Waals surface area contributed by atoms with Crippen molar-refractivity contribution in [1.82, 2.24) is 14.9 Å². The molecule has 2 heterocycles. The summed E-state index contributed by atoms with van der Waals surface area (Å²) in [5.74, 6) is 0.191. The summed E-state index contributed by atoms with van der Waals surface area (Å²) in [6.07, 6.45) is 3.54. The molecule has 0 spiro atoms. The Morgan fingerprint density at radius 1 is 1.28 bits per heavy atom. The van der Waals surface area contributed by atoms with Crippen LogP contribution in [0.5, 0.6) is 0 Å². The fourth-order valence-electron chi connectivity index (χ4n) is 2.53. The van der Waals surface area contributed by atoms with E-state index in [9.17, 15) is 13.2 Å². The third-order valence-electron chi connectivity index (χ3n) is 3.70. The number of carbonyl (C=O) groups is 1. The van der Waals surface area contributed by atoms with E-state index in [-0.39, 0.29) is 17.9 Å². The van der Waals surface area contributed by atoms with E-state index in [0.717, 1.165) is 19.5 Å². The van der Waals surface area contributed by atoms with Gasteiger partial charge in [0.1, 0.15) is 0 Å². The maximum absolute atomic E-state index is 11.9. The molecular weight excluding hydrogens is 254 g/mol. The third kappa shape index (κ3) is 3.43. The van der Waals surface area contributed by atoms with Gasteiger partial charge in [0.15, 0.2) is 0 Å². The van der Waals surface area contributed by atoms with Crippen LogP contribution in [-0.4, -0.2) is 57.1 Å². The number of amides is 1. The molecule has 0 aromatic carbocycles. The Morgan fingerprint density at radius 3 is 2.44 bits per heavy atom. The molecule has 0 aromatic heterocycles. The fraction of sp³-hybridized carbons (Fsp3) is 0.909. The molecule has 0 aromatic rings. The average molecular weight is 275 g/mol. The van der Waals surface area contributed by atoms with Gasteiger partial charge in [-0.2, -0.15) is 0 Å². The number of hydrogen-bond acceptors (Lipinski definition) is 4. The predicted molar refractivity (Wildman–Crippen MR) is 68.6 cm³/mol. The quantitative estimate of drug-likeness (QED) is 0.702. The summed E-state index contributed by atoms with van der Waals surface area (Å²) >= 11 is 0. The number of rotatable bonds is 3. The highest BCUT2D eigenvalue weighted by molar-refractivity contribution is 7.88. The first-order valence-corrected chi connectivity index (χ1v) is 8.28. The highest BCUT2D eigenvalue weighted by Gasteiger charge is 2.28. The first-order chi connectivity index (χ1) is 8.47. The lowest BCUT2D eigenvalue weighted by Gasteiger charge is -2.31. The zero-order valence-electron chi connectivity index (χ0n) is 10.7. The van der Waals surface area contributed by atoms with Crippen molar-refractivity contribution in [2.75, 3.05) is 32.4 Å². The van der Waals surface area contributed by atoms with Crippen molar-refractivity contribution in [2.24, 2.45) is 5.92 Å². The Morgan fingerprint density at radius 2 is 1.94 bits per heavy atom. The zero-order valence-corrected chi connectivity index (χ0v) is 11.5. The summed E-state index contributed by atoms with van der Waals surface area (Å²) in [6, 6.07) is 0.121. The van der Waals surface area contributed by atoms with Crippen LogP contribution in [0.1, 0.15) is 19.3 Å². The van der Waals surface area contributed by atoms with E-state index in [1.54, 1.807) is 0 Å². The van der Waals surface area contributed by atoms with Crippen molar-refractivity contribution in [3.05, 3.63) is 0 Å². The normalized spacial score (nSPS) is 27.3. The van der Waals surface area contributed by atoms with Gasteiger partial charge in [-0.3, -0.25) is 4.79 Å². The lowest BCUT2D eigenvalue weighted by molar-refractivity contribution is -0.125. The molecule has 0 radical (unpaired) electrons. The Balaban J connectivity index is 1.78. The van der Waals surface area contributed by atoms with Crippen molar-refractivity contribution >= 4 is 15.9 Å². The fourth-order valence-corrected chi connectivity index (χ4v) is 3.40. The molecular formula is C11H21N3O3S. The second kappa shape index (κ2) is 5.54. The summed E-state index contributed by atoms with van der Waals surface area (Å²) in [5.41, 5.74) is 0. The summed E-state index contributed by atoms with van der Waals surface area (Å²) in [6.45, 7) is 2.68. The van der Waals surface area contributed by atoms with Crippen LogP contribution in [0.25, 0.3) is 0 Å². The van der Waals surface area contributed by atoms with Crippen LogP contribution in [0.3, 0.4) is 0 Å². The molecule has 2 N–H and O–H groups in total. The third-order valence-corrected chi connectivity index (χ3v) is 5.00. The number of piperidine rings is 1. The molecule has 2 saturated heterocycles. The van der Waals surface area contributed by atoms with Crippen LogP contribution in [0.4, 0.5) is 0 Å². The molecule has 18 heavy (non-hydrogen) atoms. The Labute approximate surface area is 108 Å². The van der Waals surface area contributed by atoms with Crippen LogP contribution in [-0.2, 0) is 14.8 Å². The van der Waals surface area contributed by atoms with E-state index in [1.165, 1.54) is 10.6 Å². The second-order valence-corrected chi connectivity index (χ2v) is 7.12. The average Bonchev–Trinajstić information content (AvgIpc) is 2.82. The minimum absolute atomic E-state index is 0.0814. The number of nitrogens with one attached hydrogen (secondary N) is 2. The predicted octanol–water partition coefficient (Wildman–Crippen LogP) is -0.864. The Hall–Kier alpha value is -0.660. The lowest BCUT2D eigenvalue weighted by Crippen LogP contribution is -2.47. The van der Waals surface area contributed by atoms with Gasteiger partial charge in [-0.05, 0) is 25.8 Å². The molecule has 0 aliphatic carbocycles. The van der Waals surface area contributed by atoms with E-state index in [0.29, 0.717) is 25.9 Å². The molecule has 6 nitrogen and oxygen atoms in total. The second-order valence-electron chi connectivity index (χ2n) is 5.13. The topological polar surface area (TPSA) is 78.5 Å². The van der Waals surface area contributed by atoms with Gasteiger partial charge in [0.2, 0.25) is 15.9 Å². The summed E-state index contributed by atoms with van der Waals surface area (Å²) in [5, 5.41) is 6.20. The van der Waals surface area contributed by atoms with E-state index in [1.807, 2.05) is 0 Å². The molecule has 0 saturated carbocycles. The van der Waals surface area contributed by atoms with E-state index >= 15 is 0 Å². The van der Waals surface area contributed by atoms with Gasteiger partial charge >= 0.3 is 0 Å². The van der Waals surface area contributed by atoms with Crippen molar-refractivity contribution in [1.29, 1.82) is 0 Å². The maximum atomic E-state index is 11.9. The van der Waals surface area contributed by atoms with E-state index in [2.05, 4.69) is 10.6 Å². The number of hydrogen-bond donors (Lipinski definition) is 2. The van der Waals surface area contributed by atoms with Crippen molar-refractivity contribution in [3.63, 3.8) is 0 Å². The standard InChI is InChI=1S/C11H21N3O3S/c1-18(16,17)14-6-3-10(4-7-14)13-11(15)9-2-5-12-8-9/h9-10,12H,2-8H2,1H3,(H,13,15). The zero-order chi connectivity index (χ0) is 13.2. The molecule has 0 bridgehead atoms. The molecule has 104 valence electrons. The number of sulfonamides is 1. The smallest absolute Gasteiger partial charge is 0.224 e. The summed E-state index contributed by atoms with van der Waals surface area (Å²) < 4.78 is 24.2. The molecule has 2 fully saturated rings. The first-order valence-electron chi connectivity index (χ1n) is 6.43. The first kappa shape index (κ1) is 13.8. The minimum atomic E-state index is -3.08. The molecule has 2 aliphatic rings. The van der Waals surface area contributed by atoms with Gasteiger partial charge in [0, 0.05) is 25.7 Å². The molecule has 2 rings (SSSR count). The van der Waals surface area contributed by atoms with Crippen LogP contribution in [0.2, 0.25) is 0 Å². The SMILES string of the molecule is CS(=O)(=O)N1CCC(NC(=O)C2CCNC2)CC1.